The minimum atomic E-state index is -0.281. The lowest BCUT2D eigenvalue weighted by Crippen LogP contribution is -2.51. The fraction of sp³-hybridized carbons (Fsp3) is 0.857. The van der Waals surface area contributed by atoms with Crippen molar-refractivity contribution in [2.75, 3.05) is 6.54 Å². The van der Waals surface area contributed by atoms with E-state index in [1.165, 1.54) is 0 Å². The van der Waals surface area contributed by atoms with Crippen LogP contribution in [-0.2, 0) is 9.59 Å². The maximum absolute atomic E-state index is 11.8. The molecular formula is C14H27N3O2. The molecule has 0 heterocycles. The van der Waals surface area contributed by atoms with E-state index in [9.17, 15) is 9.59 Å². The normalized spacial score (nSPS) is 25.4. The first-order valence-electron chi connectivity index (χ1n) is 7.39. The molecule has 0 bridgehead atoms. The first-order chi connectivity index (χ1) is 9.06. The summed E-state index contributed by atoms with van der Waals surface area (Å²) < 4.78 is 0. The monoisotopic (exact) mass is 269 g/mol. The second kappa shape index (κ2) is 8.15. The molecule has 2 amide bonds. The van der Waals surface area contributed by atoms with Crippen LogP contribution in [0.4, 0.5) is 0 Å². The summed E-state index contributed by atoms with van der Waals surface area (Å²) in [6, 6.07) is -0.251. The molecule has 3 atom stereocenters. The molecule has 0 aliphatic heterocycles. The van der Waals surface area contributed by atoms with Crippen molar-refractivity contribution in [3.63, 3.8) is 0 Å². The number of amides is 2. The number of nitrogens with two attached hydrogens (primary N) is 1. The van der Waals surface area contributed by atoms with E-state index in [-0.39, 0.29) is 29.8 Å². The number of carbonyl (C=O) groups is 2. The third-order valence-corrected chi connectivity index (χ3v) is 3.79. The van der Waals surface area contributed by atoms with Crippen molar-refractivity contribution in [2.45, 2.75) is 64.5 Å². The molecule has 5 nitrogen and oxygen atoms in total. The van der Waals surface area contributed by atoms with Gasteiger partial charge in [-0.05, 0) is 26.2 Å². The number of carbonyl (C=O) groups excluding carboxylic acids is 2. The van der Waals surface area contributed by atoms with Crippen molar-refractivity contribution in [3.05, 3.63) is 0 Å². The zero-order chi connectivity index (χ0) is 14.3. The first-order valence-corrected chi connectivity index (χ1v) is 7.39. The summed E-state index contributed by atoms with van der Waals surface area (Å²) >= 11 is 0. The van der Waals surface area contributed by atoms with Gasteiger partial charge in [0.25, 0.3) is 0 Å². The van der Waals surface area contributed by atoms with Gasteiger partial charge in [-0.25, -0.2) is 0 Å². The highest BCUT2D eigenvalue weighted by Crippen LogP contribution is 2.23. The molecule has 0 radical (unpaired) electrons. The Morgan fingerprint density at radius 1 is 1.26 bits per heavy atom. The average Bonchev–Trinajstić information content (AvgIpc) is 2.61. The van der Waals surface area contributed by atoms with Gasteiger partial charge >= 0.3 is 0 Å². The predicted octanol–water partition coefficient (Wildman–Crippen LogP) is 0.925. The smallest absolute Gasteiger partial charge is 0.236 e. The zero-order valence-electron chi connectivity index (χ0n) is 12.1. The molecule has 110 valence electrons. The van der Waals surface area contributed by atoms with Crippen molar-refractivity contribution in [1.29, 1.82) is 0 Å². The van der Waals surface area contributed by atoms with Gasteiger partial charge < -0.3 is 16.4 Å². The van der Waals surface area contributed by atoms with E-state index in [1.807, 2.05) is 13.8 Å². The summed E-state index contributed by atoms with van der Waals surface area (Å²) in [5.41, 5.74) is 5.48. The van der Waals surface area contributed by atoms with Gasteiger partial charge in [0.15, 0.2) is 0 Å². The molecule has 5 heteroatoms. The number of nitrogens with one attached hydrogen (secondary N) is 2. The maximum atomic E-state index is 11.8. The molecule has 0 spiro atoms. The van der Waals surface area contributed by atoms with Crippen LogP contribution in [0.2, 0.25) is 0 Å². The predicted molar refractivity (Wildman–Crippen MR) is 75.5 cm³/mol. The third kappa shape index (κ3) is 5.19. The Hall–Kier alpha value is -1.10. The van der Waals surface area contributed by atoms with Crippen LogP contribution in [0, 0.1) is 5.92 Å². The lowest BCUT2D eigenvalue weighted by atomic mass is 9.93. The summed E-state index contributed by atoms with van der Waals surface area (Å²) in [5.74, 6) is -0.404. The van der Waals surface area contributed by atoms with Gasteiger partial charge in [0, 0.05) is 12.6 Å². The molecular weight excluding hydrogens is 242 g/mol. The number of rotatable bonds is 6. The quantitative estimate of drug-likeness (QED) is 0.627. The number of hydrogen-bond acceptors (Lipinski definition) is 3. The van der Waals surface area contributed by atoms with Gasteiger partial charge in [-0.1, -0.05) is 26.2 Å². The fourth-order valence-corrected chi connectivity index (χ4v) is 2.65. The van der Waals surface area contributed by atoms with Gasteiger partial charge in [0.1, 0.15) is 0 Å². The van der Waals surface area contributed by atoms with Crippen molar-refractivity contribution in [1.82, 2.24) is 10.6 Å². The molecule has 0 aromatic heterocycles. The van der Waals surface area contributed by atoms with E-state index in [4.69, 9.17) is 5.73 Å². The Kier molecular flexibility index (Phi) is 6.84. The largest absolute Gasteiger partial charge is 0.369 e. The number of hydrogen-bond donors (Lipinski definition) is 3. The molecule has 0 unspecified atom stereocenters. The molecule has 0 aromatic rings. The molecule has 0 aromatic carbocycles. The Morgan fingerprint density at radius 2 is 1.95 bits per heavy atom. The molecule has 1 saturated carbocycles. The average molecular weight is 269 g/mol. The van der Waals surface area contributed by atoms with Crippen LogP contribution < -0.4 is 16.4 Å². The Balaban J connectivity index is 2.55. The highest BCUT2D eigenvalue weighted by Gasteiger charge is 2.30. The molecule has 19 heavy (non-hydrogen) atoms. The second-order valence-corrected chi connectivity index (χ2v) is 5.43. The van der Waals surface area contributed by atoms with E-state index in [1.54, 1.807) is 0 Å². The molecule has 4 N–H and O–H groups in total. The van der Waals surface area contributed by atoms with Crippen molar-refractivity contribution >= 4 is 11.8 Å². The zero-order valence-corrected chi connectivity index (χ0v) is 12.1. The van der Waals surface area contributed by atoms with Gasteiger partial charge in [0.2, 0.25) is 11.8 Å². The standard InChI is InChI=1S/C14H27N3O2/c1-3-9-16-14(19)10(2)17-12-8-6-4-5-7-11(12)13(15)18/h10-12,17H,3-9H2,1-2H3,(H2,15,18)(H,16,19)/t10-,11-,12-/m0/s1. The van der Waals surface area contributed by atoms with Gasteiger partial charge in [-0.15, -0.1) is 0 Å². The fourth-order valence-electron chi connectivity index (χ4n) is 2.65. The van der Waals surface area contributed by atoms with Crippen LogP contribution in [0.3, 0.4) is 0 Å². The molecule has 1 rings (SSSR count). The molecule has 0 saturated heterocycles. The van der Waals surface area contributed by atoms with Crippen LogP contribution in [0.15, 0.2) is 0 Å². The number of primary amides is 1. The third-order valence-electron chi connectivity index (χ3n) is 3.79. The Labute approximate surface area is 115 Å². The van der Waals surface area contributed by atoms with Crippen molar-refractivity contribution < 1.29 is 9.59 Å². The van der Waals surface area contributed by atoms with Crippen molar-refractivity contribution in [3.8, 4) is 0 Å². The SMILES string of the molecule is CCCNC(=O)[C@H](C)N[C@H]1CCCCC[C@@H]1C(N)=O. The van der Waals surface area contributed by atoms with E-state index in [0.29, 0.717) is 6.54 Å². The topological polar surface area (TPSA) is 84.2 Å². The van der Waals surface area contributed by atoms with E-state index >= 15 is 0 Å². The highest BCUT2D eigenvalue weighted by molar-refractivity contribution is 5.81. The second-order valence-electron chi connectivity index (χ2n) is 5.43. The Morgan fingerprint density at radius 3 is 2.58 bits per heavy atom. The van der Waals surface area contributed by atoms with E-state index in [0.717, 1.165) is 38.5 Å². The van der Waals surface area contributed by atoms with Crippen LogP contribution in [-0.4, -0.2) is 30.4 Å². The van der Waals surface area contributed by atoms with Crippen molar-refractivity contribution in [2.24, 2.45) is 11.7 Å². The van der Waals surface area contributed by atoms with Crippen LogP contribution in [0.1, 0.15) is 52.4 Å². The van der Waals surface area contributed by atoms with E-state index < -0.39 is 0 Å². The maximum Gasteiger partial charge on any atom is 0.236 e. The summed E-state index contributed by atoms with van der Waals surface area (Å²) in [7, 11) is 0. The van der Waals surface area contributed by atoms with Gasteiger partial charge in [0.05, 0.1) is 12.0 Å². The summed E-state index contributed by atoms with van der Waals surface area (Å²) in [6.45, 7) is 4.55. The minimum Gasteiger partial charge on any atom is -0.369 e. The molecule has 1 aliphatic carbocycles. The summed E-state index contributed by atoms with van der Waals surface area (Å²) in [4.78, 5) is 23.4. The first kappa shape index (κ1) is 16.0. The molecule has 1 fully saturated rings. The Bertz CT molecular complexity index is 307. The summed E-state index contributed by atoms with van der Waals surface area (Å²) in [5, 5.41) is 6.15. The van der Waals surface area contributed by atoms with Crippen LogP contribution >= 0.6 is 0 Å². The van der Waals surface area contributed by atoms with Gasteiger partial charge in [-0.2, -0.15) is 0 Å². The van der Waals surface area contributed by atoms with Crippen LogP contribution in [0.5, 0.6) is 0 Å². The summed E-state index contributed by atoms with van der Waals surface area (Å²) in [6.07, 6.45) is 5.94. The van der Waals surface area contributed by atoms with Gasteiger partial charge in [-0.3, -0.25) is 9.59 Å². The van der Waals surface area contributed by atoms with E-state index in [2.05, 4.69) is 10.6 Å². The minimum absolute atomic E-state index is 0.00526. The van der Waals surface area contributed by atoms with Crippen LogP contribution in [0.25, 0.3) is 0 Å². The molecule has 1 aliphatic rings. The lowest BCUT2D eigenvalue weighted by molar-refractivity contribution is -0.125. The lowest BCUT2D eigenvalue weighted by Gasteiger charge is -2.26. The highest BCUT2D eigenvalue weighted by atomic mass is 16.2.